The average molecular weight is 764 g/mol. The molecule has 0 radical (unpaired) electrons. The van der Waals surface area contributed by atoms with E-state index in [9.17, 15) is 18.0 Å². The normalized spacial score (nSPS) is 19.8. The molecule has 8 rings (SSSR count). The van der Waals surface area contributed by atoms with Gasteiger partial charge < -0.3 is 28.7 Å². The molecule has 0 saturated carbocycles. The highest BCUT2D eigenvalue weighted by Crippen LogP contribution is 2.48. The number of ether oxygens (including phenoxy) is 4. The van der Waals surface area contributed by atoms with Crippen LogP contribution < -0.4 is 14.4 Å². The Balaban J connectivity index is 1.19. The van der Waals surface area contributed by atoms with Crippen LogP contribution in [0.5, 0.6) is 11.8 Å². The number of piperidine rings is 2. The fraction of sp³-hybridized carbons (Fsp3) is 0.550. The summed E-state index contributed by atoms with van der Waals surface area (Å²) in [5.74, 6) is 0.544. The molecule has 1 N–H and O–H groups in total. The summed E-state index contributed by atoms with van der Waals surface area (Å²) in [5.41, 5.74) is 2.86. The zero-order chi connectivity index (χ0) is 38.7. The number of hydrogen-bond acceptors (Lipinski definition) is 10. The third-order valence-electron chi connectivity index (χ3n) is 11.3. The van der Waals surface area contributed by atoms with Crippen LogP contribution in [0.25, 0.3) is 39.0 Å². The van der Waals surface area contributed by atoms with Gasteiger partial charge in [-0.1, -0.05) is 18.7 Å². The number of fused-ring (bicyclic) bond motifs is 2. The number of aromatic nitrogens is 4. The molecule has 2 aromatic heterocycles. The Morgan fingerprint density at radius 1 is 1.05 bits per heavy atom. The number of nitrogens with zero attached hydrogens (tertiary/aromatic N) is 6. The number of amides is 1. The lowest BCUT2D eigenvalue weighted by molar-refractivity contribution is -0.153. The molecule has 4 aliphatic rings. The number of halogens is 3. The van der Waals surface area contributed by atoms with Crippen LogP contribution in [0.1, 0.15) is 57.6 Å². The van der Waals surface area contributed by atoms with E-state index in [2.05, 4.69) is 26.6 Å². The van der Waals surface area contributed by atoms with E-state index in [0.29, 0.717) is 60.1 Å². The van der Waals surface area contributed by atoms with Crippen LogP contribution in [0, 0.1) is 12.3 Å². The molecular weight excluding hydrogens is 715 g/mol. The lowest BCUT2D eigenvalue weighted by atomic mass is 9.72. The maximum atomic E-state index is 14.0. The Morgan fingerprint density at radius 2 is 1.78 bits per heavy atom. The van der Waals surface area contributed by atoms with Crippen LogP contribution in [-0.2, 0) is 9.47 Å². The second-order valence-corrected chi connectivity index (χ2v) is 16.5. The van der Waals surface area contributed by atoms with E-state index in [1.165, 1.54) is 0 Å². The summed E-state index contributed by atoms with van der Waals surface area (Å²) < 4.78 is 65.4. The van der Waals surface area contributed by atoms with Crippen LogP contribution in [0.15, 0.2) is 31.0 Å². The van der Waals surface area contributed by atoms with Crippen LogP contribution in [0.3, 0.4) is 0 Å². The predicted octanol–water partition coefficient (Wildman–Crippen LogP) is 7.14. The van der Waals surface area contributed by atoms with Crippen LogP contribution in [0.2, 0.25) is 0 Å². The van der Waals surface area contributed by atoms with Gasteiger partial charge >= 0.3 is 18.3 Å². The second kappa shape index (κ2) is 14.1. The molecule has 6 heterocycles. The highest BCUT2D eigenvalue weighted by Gasteiger charge is 2.48. The minimum Gasteiger partial charge on any atom is -0.481 e. The van der Waals surface area contributed by atoms with Gasteiger partial charge in [-0.25, -0.2) is 4.79 Å². The number of benzene rings is 2. The number of nitrogens with one attached hydrogen (secondary N) is 1. The largest absolute Gasteiger partial charge is 0.481 e. The summed E-state index contributed by atoms with van der Waals surface area (Å²) in [6.45, 7) is 15.7. The van der Waals surface area contributed by atoms with E-state index in [-0.39, 0.29) is 34.9 Å². The first-order chi connectivity index (χ1) is 26.2. The minimum absolute atomic E-state index is 0.0182. The van der Waals surface area contributed by atoms with Crippen molar-refractivity contribution in [1.82, 2.24) is 30.0 Å². The summed E-state index contributed by atoms with van der Waals surface area (Å²) in [5, 5.41) is 8.48. The molecule has 1 spiro atoms. The van der Waals surface area contributed by atoms with Crippen molar-refractivity contribution in [3.05, 3.63) is 42.1 Å². The summed E-state index contributed by atoms with van der Waals surface area (Å²) in [6.07, 6.45) is 1.31. The van der Waals surface area contributed by atoms with Gasteiger partial charge in [-0.3, -0.25) is 10.00 Å². The van der Waals surface area contributed by atoms with Crippen molar-refractivity contribution in [2.75, 3.05) is 64.0 Å². The molecule has 0 atom stereocenters. The topological polar surface area (TPSA) is 118 Å². The highest BCUT2D eigenvalue weighted by molar-refractivity contribution is 6.07. The van der Waals surface area contributed by atoms with E-state index in [1.807, 2.05) is 45.9 Å². The molecule has 4 aliphatic heterocycles. The molecule has 1 amide bonds. The summed E-state index contributed by atoms with van der Waals surface area (Å²) in [4.78, 5) is 28.9. The number of anilines is 1. The monoisotopic (exact) mass is 763 g/mol. The molecule has 2 aromatic carbocycles. The Bertz CT molecular complexity index is 2090. The lowest BCUT2D eigenvalue weighted by Gasteiger charge is -2.53. The fourth-order valence-corrected chi connectivity index (χ4v) is 8.36. The number of carbonyl (C=O) groups is 1. The molecule has 4 saturated heterocycles. The Kier molecular flexibility index (Phi) is 9.59. The van der Waals surface area contributed by atoms with Gasteiger partial charge in [0.05, 0.1) is 31.0 Å². The predicted molar refractivity (Wildman–Crippen MR) is 203 cm³/mol. The quantitative estimate of drug-likeness (QED) is 0.198. The molecule has 4 fully saturated rings. The molecule has 4 aromatic rings. The van der Waals surface area contributed by atoms with Crippen LogP contribution in [0.4, 0.5) is 23.8 Å². The number of likely N-dealkylation sites (tertiary alicyclic amines) is 2. The first-order valence-corrected chi connectivity index (χ1v) is 19.0. The van der Waals surface area contributed by atoms with Crippen molar-refractivity contribution in [3.63, 3.8) is 0 Å². The molecule has 55 heavy (non-hydrogen) atoms. The first kappa shape index (κ1) is 37.3. The summed E-state index contributed by atoms with van der Waals surface area (Å²) in [7, 11) is 0. The van der Waals surface area contributed by atoms with E-state index in [4.69, 9.17) is 28.9 Å². The molecular formula is C40H48F3N7O5. The smallest absolute Gasteiger partial charge is 0.422 e. The van der Waals surface area contributed by atoms with Gasteiger partial charge in [0.2, 0.25) is 0 Å². The summed E-state index contributed by atoms with van der Waals surface area (Å²) >= 11 is 0. The van der Waals surface area contributed by atoms with Crippen molar-refractivity contribution in [2.24, 2.45) is 5.41 Å². The Hall–Kier alpha value is -4.63. The number of aromatic amines is 1. The zero-order valence-corrected chi connectivity index (χ0v) is 31.8. The van der Waals surface area contributed by atoms with Gasteiger partial charge in [-0.15, -0.1) is 0 Å². The Morgan fingerprint density at radius 3 is 2.42 bits per heavy atom. The second-order valence-electron chi connectivity index (χ2n) is 16.5. The van der Waals surface area contributed by atoms with Gasteiger partial charge in [0.1, 0.15) is 23.0 Å². The van der Waals surface area contributed by atoms with E-state index in [0.717, 1.165) is 68.5 Å². The number of hydrogen-bond donors (Lipinski definition) is 1. The fourth-order valence-electron chi connectivity index (χ4n) is 8.36. The lowest BCUT2D eigenvalue weighted by Crippen LogP contribution is -2.62. The van der Waals surface area contributed by atoms with E-state index < -0.39 is 18.4 Å². The number of aryl methyl sites for hydroxylation is 1. The molecule has 0 bridgehead atoms. The zero-order valence-electron chi connectivity index (χ0n) is 31.8. The van der Waals surface area contributed by atoms with Gasteiger partial charge in [0.25, 0.3) is 0 Å². The average Bonchev–Trinajstić information content (AvgIpc) is 3.57. The van der Waals surface area contributed by atoms with E-state index in [1.54, 1.807) is 17.2 Å². The minimum atomic E-state index is -4.61. The first-order valence-electron chi connectivity index (χ1n) is 19.0. The van der Waals surface area contributed by atoms with Gasteiger partial charge in [-0.2, -0.15) is 28.2 Å². The molecule has 0 aliphatic carbocycles. The SMILES string of the molecule is C=Cc1cc2c(N3CCC4(CC3)CN(C(=O)OC(C)(C)C)C4)nc(OC3CCN(C4COC4)CC3)nc2c(OCC(F)(F)F)c1-c1c(C)ccc2[nH]ncc12. The van der Waals surface area contributed by atoms with Crippen LogP contribution in [-0.4, -0.2) is 119 Å². The number of rotatable bonds is 8. The molecule has 0 unspecified atom stereocenters. The number of carbonyl (C=O) groups excluding carboxylic acids is 1. The number of alkyl halides is 3. The Labute approximate surface area is 317 Å². The molecule has 15 heteroatoms. The van der Waals surface area contributed by atoms with Gasteiger partial charge in [-0.05, 0) is 82.2 Å². The van der Waals surface area contributed by atoms with Crippen molar-refractivity contribution < 1.29 is 36.9 Å². The van der Waals surface area contributed by atoms with Crippen molar-refractivity contribution >= 4 is 39.8 Å². The number of H-pyrrole nitrogens is 1. The van der Waals surface area contributed by atoms with Crippen molar-refractivity contribution in [2.45, 2.75) is 77.3 Å². The highest BCUT2D eigenvalue weighted by atomic mass is 19.4. The van der Waals surface area contributed by atoms with Crippen molar-refractivity contribution in [3.8, 4) is 22.9 Å². The van der Waals surface area contributed by atoms with Gasteiger partial charge in [0.15, 0.2) is 12.4 Å². The summed E-state index contributed by atoms with van der Waals surface area (Å²) in [6, 6.07) is 6.20. The standard InChI is InChI=1S/C40H48F3N7O5/c1-6-25-17-28-33(34(53-23-40(41,42)43)32(25)31-24(2)7-8-30-29(31)18-44-47-30)45-36(54-27-9-13-48(14-10-27)26-19-52-20-26)46-35(28)49-15-11-39(12-16-49)21-50(22-39)37(51)55-38(3,4)5/h6-8,17-18,26-27H,1,9-16,19-23H2,2-5H3,(H,44,47). The maximum Gasteiger partial charge on any atom is 0.422 e. The van der Waals surface area contributed by atoms with Crippen molar-refractivity contribution in [1.29, 1.82) is 0 Å². The third kappa shape index (κ3) is 7.52. The van der Waals surface area contributed by atoms with Gasteiger partial charge in [0, 0.05) is 61.0 Å². The maximum absolute atomic E-state index is 14.0. The van der Waals surface area contributed by atoms with Crippen LogP contribution >= 0.6 is 0 Å². The molecule has 294 valence electrons. The molecule has 12 nitrogen and oxygen atoms in total. The van der Waals surface area contributed by atoms with E-state index >= 15 is 0 Å². The third-order valence-corrected chi connectivity index (χ3v) is 11.3.